The van der Waals surface area contributed by atoms with Crippen molar-refractivity contribution in [2.75, 3.05) is 26.3 Å². The second-order valence-electron chi connectivity index (χ2n) is 14.7. The van der Waals surface area contributed by atoms with Crippen molar-refractivity contribution in [1.82, 2.24) is 9.57 Å². The summed E-state index contributed by atoms with van der Waals surface area (Å²) >= 11 is 0. The molecule has 3 saturated carbocycles. The highest BCUT2D eigenvalue weighted by molar-refractivity contribution is 7.44. The van der Waals surface area contributed by atoms with Crippen LogP contribution >= 0.6 is 8.53 Å². The topological polar surface area (TPSA) is 89.7 Å². The van der Waals surface area contributed by atoms with Crippen molar-refractivity contribution in [3.8, 4) is 11.8 Å². The number of fused-ring (bicyclic) bond motifs is 6. The molecule has 1 saturated heterocycles. The zero-order valence-corrected chi connectivity index (χ0v) is 29.4. The Balaban J connectivity index is 1.05. The van der Waals surface area contributed by atoms with Gasteiger partial charge in [-0.05, 0) is 95.3 Å². The molecule has 2 bridgehead atoms. The normalized spacial score (nSPS) is 33.4. The number of likely N-dealkylation sites (tertiary alicyclic amines) is 1. The van der Waals surface area contributed by atoms with Crippen LogP contribution in [-0.4, -0.2) is 71.8 Å². The Morgan fingerprint density at radius 1 is 0.978 bits per heavy atom. The van der Waals surface area contributed by atoms with E-state index in [-0.39, 0.29) is 72.1 Å². The second kappa shape index (κ2) is 15.9. The lowest BCUT2D eigenvalue weighted by Gasteiger charge is -2.40. The number of esters is 1. The summed E-state index contributed by atoms with van der Waals surface area (Å²) in [6.45, 7) is 19.4. The predicted molar refractivity (Wildman–Crippen MR) is 177 cm³/mol. The number of carbonyl (C=O) groups excluding carboxylic acids is 3. The number of imide groups is 1. The SMILES string of the molecule is [C-]#[N+]CCOP(OC1C(C)C2CC1C1C(=O)N(CCCCCCC(=O)OCC3[C@H]4CCC#CCC[C@@H]34)C(=O)C21)N(C(C)C)C(C)C. The Hall–Kier alpha value is -2.03. The molecular formula is C36H54N3O6P. The van der Waals surface area contributed by atoms with E-state index in [2.05, 4.69) is 56.0 Å². The monoisotopic (exact) mass is 655 g/mol. The van der Waals surface area contributed by atoms with Crippen LogP contribution in [0.25, 0.3) is 4.85 Å². The molecule has 0 aromatic heterocycles. The quantitative estimate of drug-likeness (QED) is 0.0443. The van der Waals surface area contributed by atoms with E-state index in [1.54, 1.807) is 0 Å². The second-order valence-corrected chi connectivity index (χ2v) is 16.1. The van der Waals surface area contributed by atoms with E-state index in [9.17, 15) is 14.4 Å². The summed E-state index contributed by atoms with van der Waals surface area (Å²) in [6.07, 6.45) is 8.59. The van der Waals surface area contributed by atoms with Gasteiger partial charge in [0.2, 0.25) is 18.4 Å². The summed E-state index contributed by atoms with van der Waals surface area (Å²) < 4.78 is 20.8. The fourth-order valence-corrected chi connectivity index (χ4v) is 10.9. The molecule has 4 aliphatic carbocycles. The van der Waals surface area contributed by atoms with E-state index in [1.165, 1.54) is 4.90 Å². The highest BCUT2D eigenvalue weighted by Gasteiger charge is 2.67. The van der Waals surface area contributed by atoms with Gasteiger partial charge in [-0.3, -0.25) is 19.3 Å². The fraction of sp³-hybridized carbons (Fsp3) is 0.833. The molecule has 0 aromatic carbocycles. The smallest absolute Gasteiger partial charge is 0.305 e. The van der Waals surface area contributed by atoms with Gasteiger partial charge in [-0.25, -0.2) is 11.2 Å². The van der Waals surface area contributed by atoms with Crippen molar-refractivity contribution in [3.05, 3.63) is 11.4 Å². The number of hydrogen-bond donors (Lipinski definition) is 0. The standard InChI is InChI=1S/C36H54N3O6P/c1-23(2)39(24(3)4)46(44-20-18-37-6)45-34-25(5)28-21-29(34)33-32(28)35(41)38(36(33)42)19-14-10-9-13-17-31(40)43-22-30-26-15-11-7-8-12-16-27(26)30/h23-30,32-34H,9-22H2,1-5H3/t25?,26-,27+,28?,29?,30?,32?,33?,34?,46?. The average Bonchev–Trinajstić information content (AvgIpc) is 3.21. The first-order valence-corrected chi connectivity index (χ1v) is 19.0. The zero-order chi connectivity index (χ0) is 33.0. The van der Waals surface area contributed by atoms with Crippen LogP contribution in [0.5, 0.6) is 0 Å². The van der Waals surface area contributed by atoms with Gasteiger partial charge in [-0.1, -0.05) is 19.8 Å². The molecule has 0 spiro atoms. The summed E-state index contributed by atoms with van der Waals surface area (Å²) in [6, 6.07) is 0.405. The molecule has 5 rings (SSSR count). The molecule has 4 fully saturated rings. The van der Waals surface area contributed by atoms with Gasteiger partial charge in [-0.15, -0.1) is 11.8 Å². The lowest BCUT2D eigenvalue weighted by Crippen LogP contribution is -2.41. The first-order chi connectivity index (χ1) is 22.1. The fourth-order valence-electron chi connectivity index (χ4n) is 9.02. The lowest BCUT2D eigenvalue weighted by molar-refractivity contribution is -0.144. The van der Waals surface area contributed by atoms with E-state index in [4.69, 9.17) is 20.4 Å². The van der Waals surface area contributed by atoms with Crippen LogP contribution < -0.4 is 0 Å². The van der Waals surface area contributed by atoms with Gasteiger partial charge >= 0.3 is 5.97 Å². The van der Waals surface area contributed by atoms with Crippen LogP contribution in [-0.2, 0) is 28.2 Å². The molecule has 10 heteroatoms. The van der Waals surface area contributed by atoms with Crippen molar-refractivity contribution in [2.45, 2.75) is 117 Å². The Kier molecular flexibility index (Phi) is 12.2. The molecule has 1 heterocycles. The van der Waals surface area contributed by atoms with Gasteiger partial charge in [0.15, 0.2) is 0 Å². The van der Waals surface area contributed by atoms with E-state index < -0.39 is 8.53 Å². The maximum absolute atomic E-state index is 13.7. The number of hydrogen-bond acceptors (Lipinski definition) is 7. The van der Waals surface area contributed by atoms with Gasteiger partial charge in [-0.2, -0.15) is 0 Å². The van der Waals surface area contributed by atoms with Crippen LogP contribution in [0.1, 0.15) is 98.8 Å². The molecule has 10 atom stereocenters. The predicted octanol–water partition coefficient (Wildman–Crippen LogP) is 6.47. The molecule has 8 unspecified atom stereocenters. The minimum absolute atomic E-state index is 0.00320. The third kappa shape index (κ3) is 7.65. The molecule has 46 heavy (non-hydrogen) atoms. The third-order valence-electron chi connectivity index (χ3n) is 11.2. The van der Waals surface area contributed by atoms with E-state index in [0.717, 1.165) is 57.8 Å². The molecule has 0 N–H and O–H groups in total. The minimum atomic E-state index is -1.40. The summed E-state index contributed by atoms with van der Waals surface area (Å²) in [5, 5.41) is 0. The van der Waals surface area contributed by atoms with E-state index in [0.29, 0.717) is 43.9 Å². The van der Waals surface area contributed by atoms with Crippen molar-refractivity contribution in [3.63, 3.8) is 0 Å². The first-order valence-electron chi connectivity index (χ1n) is 17.8. The third-order valence-corrected chi connectivity index (χ3v) is 13.4. The van der Waals surface area contributed by atoms with E-state index in [1.807, 2.05) is 0 Å². The molecule has 0 radical (unpaired) electrons. The van der Waals surface area contributed by atoms with Crippen molar-refractivity contribution >= 4 is 26.3 Å². The maximum Gasteiger partial charge on any atom is 0.305 e. The number of amides is 2. The molecule has 254 valence electrons. The number of rotatable bonds is 17. The number of unbranched alkanes of at least 4 members (excludes halogenated alkanes) is 3. The molecule has 2 amide bonds. The highest BCUT2D eigenvalue weighted by Crippen LogP contribution is 2.62. The van der Waals surface area contributed by atoms with Gasteiger partial charge in [0.25, 0.3) is 8.53 Å². The Labute approximate surface area is 277 Å². The number of nitrogens with zero attached hydrogens (tertiary/aromatic N) is 3. The zero-order valence-electron chi connectivity index (χ0n) is 28.5. The van der Waals surface area contributed by atoms with Crippen molar-refractivity contribution in [2.24, 2.45) is 47.3 Å². The minimum Gasteiger partial charge on any atom is -0.465 e. The number of ether oxygens (including phenoxy) is 1. The maximum atomic E-state index is 13.7. The van der Waals surface area contributed by atoms with Gasteiger partial charge in [0.05, 0.1) is 24.5 Å². The molecule has 5 aliphatic rings. The summed E-state index contributed by atoms with van der Waals surface area (Å²) in [5.41, 5.74) is 0. The van der Waals surface area contributed by atoms with Crippen molar-refractivity contribution < 1.29 is 28.2 Å². The Bertz CT molecular complexity index is 1180. The lowest BCUT2D eigenvalue weighted by atomic mass is 9.74. The van der Waals surface area contributed by atoms with Gasteiger partial charge in [0.1, 0.15) is 6.61 Å². The Morgan fingerprint density at radius 2 is 1.61 bits per heavy atom. The molecule has 0 aromatic rings. The summed E-state index contributed by atoms with van der Waals surface area (Å²) in [7, 11) is -1.40. The van der Waals surface area contributed by atoms with Crippen LogP contribution in [0.3, 0.4) is 0 Å². The van der Waals surface area contributed by atoms with Crippen LogP contribution in [0.15, 0.2) is 0 Å². The number of carbonyl (C=O) groups is 3. The molecule has 9 nitrogen and oxygen atoms in total. The van der Waals surface area contributed by atoms with E-state index >= 15 is 0 Å². The largest absolute Gasteiger partial charge is 0.465 e. The van der Waals surface area contributed by atoms with Gasteiger partial charge < -0.3 is 18.6 Å². The Morgan fingerprint density at radius 3 is 2.24 bits per heavy atom. The molecular weight excluding hydrogens is 601 g/mol. The van der Waals surface area contributed by atoms with Crippen LogP contribution in [0, 0.1) is 65.8 Å². The van der Waals surface area contributed by atoms with Gasteiger partial charge in [0, 0.05) is 37.9 Å². The van der Waals surface area contributed by atoms with Crippen molar-refractivity contribution in [1.29, 1.82) is 0 Å². The van der Waals surface area contributed by atoms with Crippen LogP contribution in [0.4, 0.5) is 0 Å². The highest BCUT2D eigenvalue weighted by atomic mass is 31.2. The molecule has 1 aliphatic heterocycles. The summed E-state index contributed by atoms with van der Waals surface area (Å²) in [5.74, 6) is 7.94. The average molecular weight is 656 g/mol. The first kappa shape index (κ1) is 35.3. The summed E-state index contributed by atoms with van der Waals surface area (Å²) in [4.78, 5) is 44.5. The van der Waals surface area contributed by atoms with Crippen LogP contribution in [0.2, 0.25) is 0 Å².